The maximum Gasteiger partial charge on any atom is 0.155 e. The molecule has 0 N–H and O–H groups in total. The maximum atomic E-state index is 6.36. The van der Waals surface area contributed by atoms with E-state index in [-0.39, 0.29) is 0 Å². The second kappa shape index (κ2) is 4.10. The third kappa shape index (κ3) is 1.73. The summed E-state index contributed by atoms with van der Waals surface area (Å²) in [5, 5.41) is 4.81. The van der Waals surface area contributed by atoms with Crippen LogP contribution < -0.4 is 4.90 Å². The van der Waals surface area contributed by atoms with Gasteiger partial charge in [0.15, 0.2) is 5.82 Å². The van der Waals surface area contributed by atoms with E-state index in [4.69, 9.17) is 11.6 Å². The Morgan fingerprint density at radius 3 is 2.74 bits per heavy atom. The summed E-state index contributed by atoms with van der Waals surface area (Å²) in [6.07, 6.45) is 8.40. The van der Waals surface area contributed by atoms with Gasteiger partial charge in [0.1, 0.15) is 5.52 Å². The Kier molecular flexibility index (Phi) is 2.49. The third-order valence-electron chi connectivity index (χ3n) is 4.41. The second-order valence-electron chi connectivity index (χ2n) is 5.73. The van der Waals surface area contributed by atoms with Crippen molar-refractivity contribution in [3.63, 3.8) is 0 Å². The van der Waals surface area contributed by atoms with E-state index in [1.165, 1.54) is 12.8 Å². The largest absolute Gasteiger partial charge is 0.349 e. The van der Waals surface area contributed by atoms with Gasteiger partial charge in [0.05, 0.1) is 5.69 Å². The van der Waals surface area contributed by atoms with Crippen molar-refractivity contribution in [2.45, 2.75) is 50.1 Å². The van der Waals surface area contributed by atoms with Gasteiger partial charge < -0.3 is 4.90 Å². The van der Waals surface area contributed by atoms with Crippen LogP contribution in [0.2, 0.25) is 0 Å². The van der Waals surface area contributed by atoms with Crippen LogP contribution in [0.1, 0.15) is 31.4 Å². The zero-order chi connectivity index (χ0) is 13.0. The summed E-state index contributed by atoms with van der Waals surface area (Å²) < 4.78 is 1.93. The molecule has 2 aliphatic heterocycles. The van der Waals surface area contributed by atoms with E-state index in [1.54, 1.807) is 0 Å². The summed E-state index contributed by atoms with van der Waals surface area (Å²) in [4.78, 5) is 7.13. The maximum absolute atomic E-state index is 6.36. The summed E-state index contributed by atoms with van der Waals surface area (Å²) in [5.74, 6) is 1.08. The van der Waals surface area contributed by atoms with Gasteiger partial charge in [-0.2, -0.15) is 5.10 Å². The van der Waals surface area contributed by atoms with Crippen LogP contribution in [0.4, 0.5) is 5.82 Å². The Hall–Kier alpha value is -1.29. The fraction of sp³-hybridized carbons (Fsp3) is 0.571. The van der Waals surface area contributed by atoms with Crippen molar-refractivity contribution in [1.82, 2.24) is 14.6 Å². The molecule has 4 nitrogen and oxygen atoms in total. The van der Waals surface area contributed by atoms with Crippen molar-refractivity contribution in [3.05, 3.63) is 24.2 Å². The number of halogens is 1. The first-order valence-electron chi connectivity index (χ1n) is 6.96. The molecule has 19 heavy (non-hydrogen) atoms. The van der Waals surface area contributed by atoms with Crippen LogP contribution in [0, 0.1) is 6.92 Å². The predicted octanol–water partition coefficient (Wildman–Crippen LogP) is 2.78. The van der Waals surface area contributed by atoms with Gasteiger partial charge in [-0.1, -0.05) is 0 Å². The molecule has 0 aliphatic carbocycles. The lowest BCUT2D eigenvalue weighted by atomic mass is 10.0. The van der Waals surface area contributed by atoms with Gasteiger partial charge in [0, 0.05) is 29.9 Å². The molecule has 2 unspecified atom stereocenters. The minimum Gasteiger partial charge on any atom is -0.349 e. The summed E-state index contributed by atoms with van der Waals surface area (Å²) in [5.41, 5.74) is 2.15. The van der Waals surface area contributed by atoms with Gasteiger partial charge >= 0.3 is 0 Å². The number of piperidine rings is 1. The highest BCUT2D eigenvalue weighted by Gasteiger charge is 2.41. The smallest absolute Gasteiger partial charge is 0.155 e. The Morgan fingerprint density at radius 1 is 1.26 bits per heavy atom. The van der Waals surface area contributed by atoms with Crippen LogP contribution in [0.5, 0.6) is 0 Å². The first-order valence-corrected chi connectivity index (χ1v) is 7.39. The first-order chi connectivity index (χ1) is 9.22. The van der Waals surface area contributed by atoms with E-state index in [9.17, 15) is 0 Å². The van der Waals surface area contributed by atoms with Crippen molar-refractivity contribution in [3.8, 4) is 0 Å². The quantitative estimate of drug-likeness (QED) is 0.751. The van der Waals surface area contributed by atoms with Crippen LogP contribution in [-0.2, 0) is 0 Å². The standard InChI is InChI=1S/C14H17ClN4/c1-9-6-13-14(16-4-5-18(13)17-9)19-11-2-3-12(19)8-10(15)7-11/h4-6,10-12H,2-3,7-8H2,1H3. The van der Waals surface area contributed by atoms with Crippen molar-refractivity contribution in [2.24, 2.45) is 0 Å². The number of aromatic nitrogens is 3. The Morgan fingerprint density at radius 2 is 2.00 bits per heavy atom. The zero-order valence-corrected chi connectivity index (χ0v) is 11.7. The molecule has 4 heterocycles. The van der Waals surface area contributed by atoms with Gasteiger partial charge in [-0.3, -0.25) is 0 Å². The number of alkyl halides is 1. The van der Waals surface area contributed by atoms with Crippen LogP contribution in [0.25, 0.3) is 5.52 Å². The average molecular weight is 277 g/mol. The van der Waals surface area contributed by atoms with Crippen molar-refractivity contribution in [2.75, 3.05) is 4.90 Å². The van der Waals surface area contributed by atoms with Crippen LogP contribution >= 0.6 is 11.6 Å². The lowest BCUT2D eigenvalue weighted by molar-refractivity contribution is 0.471. The molecular formula is C14H17ClN4. The second-order valence-corrected chi connectivity index (χ2v) is 6.34. The Labute approximate surface area is 117 Å². The molecule has 5 heteroatoms. The zero-order valence-electron chi connectivity index (χ0n) is 11.0. The number of hydrogen-bond acceptors (Lipinski definition) is 3. The van der Waals surface area contributed by atoms with Crippen LogP contribution in [0.15, 0.2) is 18.5 Å². The molecule has 2 atom stereocenters. The fourth-order valence-corrected chi connectivity index (χ4v) is 4.10. The summed E-state index contributed by atoms with van der Waals surface area (Å²) in [6, 6.07) is 3.22. The number of anilines is 1. The molecule has 2 aromatic heterocycles. The van der Waals surface area contributed by atoms with Crippen LogP contribution in [-0.4, -0.2) is 32.1 Å². The topological polar surface area (TPSA) is 33.4 Å². The van der Waals surface area contributed by atoms with E-state index in [0.29, 0.717) is 17.5 Å². The highest BCUT2D eigenvalue weighted by molar-refractivity contribution is 6.20. The molecule has 4 rings (SSSR count). The van der Waals surface area contributed by atoms with Crippen molar-refractivity contribution in [1.29, 1.82) is 0 Å². The van der Waals surface area contributed by atoms with Gasteiger partial charge in [0.25, 0.3) is 0 Å². The molecule has 2 aromatic rings. The van der Waals surface area contributed by atoms with Gasteiger partial charge in [-0.05, 0) is 38.7 Å². The predicted molar refractivity (Wildman–Crippen MR) is 75.9 cm³/mol. The Balaban J connectivity index is 1.82. The molecule has 0 aromatic carbocycles. The molecule has 0 saturated carbocycles. The van der Waals surface area contributed by atoms with Crippen molar-refractivity contribution >= 4 is 22.9 Å². The first kappa shape index (κ1) is 11.5. The van der Waals surface area contributed by atoms with Crippen molar-refractivity contribution < 1.29 is 0 Å². The molecule has 100 valence electrons. The molecule has 2 aliphatic rings. The number of fused-ring (bicyclic) bond motifs is 3. The molecule has 0 amide bonds. The lowest BCUT2D eigenvalue weighted by Crippen LogP contribution is -2.44. The molecule has 2 bridgehead atoms. The monoisotopic (exact) mass is 276 g/mol. The fourth-order valence-electron chi connectivity index (χ4n) is 3.69. The average Bonchev–Trinajstić information content (AvgIpc) is 2.87. The van der Waals surface area contributed by atoms with Crippen LogP contribution in [0.3, 0.4) is 0 Å². The Bertz CT molecular complexity index is 609. The highest BCUT2D eigenvalue weighted by atomic mass is 35.5. The summed E-state index contributed by atoms with van der Waals surface area (Å²) >= 11 is 6.36. The normalized spacial score (nSPS) is 30.2. The SMILES string of the molecule is Cc1cc2c(N3C4CCC3CC(Cl)C4)nccn2n1. The molecule has 2 fully saturated rings. The molecule has 2 saturated heterocycles. The van der Waals surface area contributed by atoms with E-state index < -0.39 is 0 Å². The van der Waals surface area contributed by atoms with Gasteiger partial charge in [-0.25, -0.2) is 9.50 Å². The van der Waals surface area contributed by atoms with E-state index >= 15 is 0 Å². The molecule has 0 spiro atoms. The van der Waals surface area contributed by atoms with E-state index in [1.807, 2.05) is 23.8 Å². The third-order valence-corrected chi connectivity index (χ3v) is 4.77. The number of nitrogens with zero attached hydrogens (tertiary/aromatic N) is 4. The summed E-state index contributed by atoms with van der Waals surface area (Å²) in [7, 11) is 0. The minimum atomic E-state index is 0.333. The number of aryl methyl sites for hydroxylation is 1. The minimum absolute atomic E-state index is 0.333. The number of hydrogen-bond donors (Lipinski definition) is 0. The van der Waals surface area contributed by atoms with Gasteiger partial charge in [0.2, 0.25) is 0 Å². The van der Waals surface area contributed by atoms with E-state index in [0.717, 1.165) is 29.9 Å². The molecule has 0 radical (unpaired) electrons. The van der Waals surface area contributed by atoms with E-state index in [2.05, 4.69) is 21.0 Å². The number of rotatable bonds is 1. The summed E-state index contributed by atoms with van der Waals surface area (Å²) in [6.45, 7) is 2.02. The lowest BCUT2D eigenvalue weighted by Gasteiger charge is -2.38. The van der Waals surface area contributed by atoms with Gasteiger partial charge in [-0.15, -0.1) is 11.6 Å². The highest BCUT2D eigenvalue weighted by Crippen LogP contribution is 2.41. The molecular weight excluding hydrogens is 260 g/mol.